The van der Waals surface area contributed by atoms with Crippen molar-refractivity contribution in [1.29, 1.82) is 0 Å². The molecule has 2 aliphatic rings. The first kappa shape index (κ1) is 16.0. The van der Waals surface area contributed by atoms with Crippen molar-refractivity contribution in [2.45, 2.75) is 51.5 Å². The van der Waals surface area contributed by atoms with Gasteiger partial charge in [0.05, 0.1) is 0 Å². The summed E-state index contributed by atoms with van der Waals surface area (Å²) in [4.78, 5) is 26.8. The zero-order valence-electron chi connectivity index (χ0n) is 14.0. The van der Waals surface area contributed by atoms with E-state index in [0.29, 0.717) is 6.54 Å². The molecular formula is C19H26N2O2. The number of hydrogen-bond acceptors (Lipinski definition) is 2. The van der Waals surface area contributed by atoms with Gasteiger partial charge in [0, 0.05) is 6.54 Å². The van der Waals surface area contributed by atoms with Gasteiger partial charge in [0.25, 0.3) is 5.91 Å². The Morgan fingerprint density at radius 2 is 1.78 bits per heavy atom. The average Bonchev–Trinajstić information content (AvgIpc) is 2.79. The molecule has 2 atom stereocenters. The number of urea groups is 1. The number of benzene rings is 1. The van der Waals surface area contributed by atoms with Gasteiger partial charge in [-0.25, -0.2) is 4.79 Å². The second kappa shape index (κ2) is 6.34. The number of amides is 3. The second-order valence-electron chi connectivity index (χ2n) is 7.08. The summed E-state index contributed by atoms with van der Waals surface area (Å²) in [5.41, 5.74) is 0.580. The number of carbonyl (C=O) groups excluding carboxylic acids is 2. The van der Waals surface area contributed by atoms with E-state index in [2.05, 4.69) is 31.3 Å². The largest absolute Gasteiger partial charge is 0.325 e. The highest BCUT2D eigenvalue weighted by Gasteiger charge is 2.57. The third-order valence-electron chi connectivity index (χ3n) is 5.68. The van der Waals surface area contributed by atoms with E-state index in [4.69, 9.17) is 0 Å². The Labute approximate surface area is 138 Å². The van der Waals surface area contributed by atoms with Crippen molar-refractivity contribution in [1.82, 2.24) is 10.2 Å². The molecule has 124 valence electrons. The van der Waals surface area contributed by atoms with Gasteiger partial charge >= 0.3 is 6.03 Å². The predicted molar refractivity (Wildman–Crippen MR) is 89.9 cm³/mol. The topological polar surface area (TPSA) is 49.4 Å². The number of hydrogen-bond donors (Lipinski definition) is 1. The summed E-state index contributed by atoms with van der Waals surface area (Å²) < 4.78 is 0. The van der Waals surface area contributed by atoms with Crippen LogP contribution in [0.4, 0.5) is 4.79 Å². The van der Waals surface area contributed by atoms with E-state index in [-0.39, 0.29) is 23.8 Å². The fraction of sp³-hybridized carbons (Fsp3) is 0.579. The molecule has 3 rings (SSSR count). The Bertz CT molecular complexity index is 574. The van der Waals surface area contributed by atoms with E-state index in [0.717, 1.165) is 32.1 Å². The molecular weight excluding hydrogens is 288 g/mol. The van der Waals surface area contributed by atoms with E-state index in [1.165, 1.54) is 10.5 Å². The van der Waals surface area contributed by atoms with Crippen molar-refractivity contribution >= 4 is 11.9 Å². The number of aryl methyl sites for hydroxylation is 1. The van der Waals surface area contributed by atoms with Crippen LogP contribution in [0.25, 0.3) is 0 Å². The maximum atomic E-state index is 13.0. The number of nitrogens with one attached hydrogen (secondary N) is 1. The highest BCUT2D eigenvalue weighted by atomic mass is 16.2. The molecule has 1 spiro atoms. The van der Waals surface area contributed by atoms with Crippen LogP contribution in [0.5, 0.6) is 0 Å². The molecule has 1 aliphatic heterocycles. The van der Waals surface area contributed by atoms with Crippen LogP contribution in [0.3, 0.4) is 0 Å². The van der Waals surface area contributed by atoms with Crippen LogP contribution in [0, 0.1) is 11.8 Å². The minimum atomic E-state index is -0.665. The summed E-state index contributed by atoms with van der Waals surface area (Å²) in [6, 6.07) is 9.99. The number of rotatable bonds is 4. The fourth-order valence-electron chi connectivity index (χ4n) is 4.24. The van der Waals surface area contributed by atoms with E-state index < -0.39 is 5.54 Å². The zero-order chi connectivity index (χ0) is 16.4. The van der Waals surface area contributed by atoms with Gasteiger partial charge < -0.3 is 5.32 Å². The van der Waals surface area contributed by atoms with E-state index in [1.807, 2.05) is 18.2 Å². The molecule has 3 amide bonds. The molecule has 2 unspecified atom stereocenters. The van der Waals surface area contributed by atoms with E-state index in [9.17, 15) is 9.59 Å². The Morgan fingerprint density at radius 1 is 1.13 bits per heavy atom. The lowest BCUT2D eigenvalue weighted by Crippen LogP contribution is -2.58. The van der Waals surface area contributed by atoms with Gasteiger partial charge in [0.15, 0.2) is 0 Å². The normalized spacial score (nSPS) is 30.8. The maximum absolute atomic E-state index is 13.0. The van der Waals surface area contributed by atoms with Crippen LogP contribution in [-0.2, 0) is 11.2 Å². The van der Waals surface area contributed by atoms with Crippen LogP contribution in [0.1, 0.15) is 45.1 Å². The van der Waals surface area contributed by atoms with Crippen molar-refractivity contribution < 1.29 is 9.59 Å². The minimum absolute atomic E-state index is 0.00439. The van der Waals surface area contributed by atoms with Crippen LogP contribution in [0.15, 0.2) is 30.3 Å². The molecule has 4 heteroatoms. The molecule has 0 radical (unpaired) electrons. The number of carbonyl (C=O) groups is 2. The first-order valence-electron chi connectivity index (χ1n) is 8.73. The van der Waals surface area contributed by atoms with E-state index in [1.54, 1.807) is 0 Å². The molecule has 0 bridgehead atoms. The summed E-state index contributed by atoms with van der Waals surface area (Å²) in [5, 5.41) is 3.05. The standard InChI is InChI=1S/C19H26N2O2/c1-14-8-6-9-15(2)19(14)17(22)21(18(23)20-19)13-7-12-16-10-4-3-5-11-16/h3-5,10-11,14-15H,6-9,12-13H2,1-2H3,(H,20,23). The molecule has 1 aliphatic carbocycles. The van der Waals surface area contributed by atoms with Gasteiger partial charge in [-0.2, -0.15) is 0 Å². The van der Waals surface area contributed by atoms with Gasteiger partial charge in [0.2, 0.25) is 0 Å². The van der Waals surface area contributed by atoms with Crippen molar-refractivity contribution in [2.75, 3.05) is 6.54 Å². The molecule has 2 fully saturated rings. The number of imide groups is 1. The summed E-state index contributed by atoms with van der Waals surface area (Å²) in [5.74, 6) is 0.416. The second-order valence-corrected chi connectivity index (χ2v) is 7.08. The third kappa shape index (κ3) is 2.75. The Kier molecular flexibility index (Phi) is 4.42. The van der Waals surface area contributed by atoms with Gasteiger partial charge in [-0.3, -0.25) is 9.69 Å². The monoisotopic (exact) mass is 314 g/mol. The molecule has 0 aromatic heterocycles. The minimum Gasteiger partial charge on any atom is -0.323 e. The van der Waals surface area contributed by atoms with Crippen molar-refractivity contribution in [3.63, 3.8) is 0 Å². The lowest BCUT2D eigenvalue weighted by Gasteiger charge is -2.42. The Hall–Kier alpha value is -1.84. The van der Waals surface area contributed by atoms with Gasteiger partial charge in [-0.15, -0.1) is 0 Å². The molecule has 4 nitrogen and oxygen atoms in total. The zero-order valence-corrected chi connectivity index (χ0v) is 14.0. The highest BCUT2D eigenvalue weighted by Crippen LogP contribution is 2.42. The molecule has 1 aromatic rings. The summed E-state index contributed by atoms with van der Waals surface area (Å²) in [7, 11) is 0. The molecule has 1 heterocycles. The van der Waals surface area contributed by atoms with Gasteiger partial charge in [-0.1, -0.05) is 50.6 Å². The van der Waals surface area contributed by atoms with Crippen LogP contribution < -0.4 is 5.32 Å². The summed E-state index contributed by atoms with van der Waals surface area (Å²) in [6.45, 7) is 4.70. The van der Waals surface area contributed by atoms with Crippen LogP contribution in [-0.4, -0.2) is 28.9 Å². The molecule has 1 saturated heterocycles. The van der Waals surface area contributed by atoms with Crippen molar-refractivity contribution in [3.05, 3.63) is 35.9 Å². The van der Waals surface area contributed by atoms with E-state index >= 15 is 0 Å². The van der Waals surface area contributed by atoms with Crippen LogP contribution in [0.2, 0.25) is 0 Å². The fourth-order valence-corrected chi connectivity index (χ4v) is 4.24. The summed E-state index contributed by atoms with van der Waals surface area (Å²) >= 11 is 0. The smallest absolute Gasteiger partial charge is 0.323 e. The highest BCUT2D eigenvalue weighted by molar-refractivity contribution is 6.07. The maximum Gasteiger partial charge on any atom is 0.325 e. The predicted octanol–water partition coefficient (Wildman–Crippen LogP) is 3.37. The molecule has 1 N–H and O–H groups in total. The average molecular weight is 314 g/mol. The SMILES string of the molecule is CC1CCCC(C)C12NC(=O)N(CCCc1ccccc1)C2=O. The molecule has 23 heavy (non-hydrogen) atoms. The molecule has 1 aromatic carbocycles. The van der Waals surface area contributed by atoms with Gasteiger partial charge in [-0.05, 0) is 43.1 Å². The Balaban J connectivity index is 1.67. The first-order chi connectivity index (χ1) is 11.1. The number of nitrogens with zero attached hydrogens (tertiary/aromatic N) is 1. The van der Waals surface area contributed by atoms with Crippen molar-refractivity contribution in [2.24, 2.45) is 11.8 Å². The Morgan fingerprint density at radius 3 is 2.43 bits per heavy atom. The first-order valence-corrected chi connectivity index (χ1v) is 8.73. The lowest BCUT2D eigenvalue weighted by atomic mass is 9.67. The quantitative estimate of drug-likeness (QED) is 0.866. The summed E-state index contributed by atoms with van der Waals surface area (Å²) in [6.07, 6.45) is 4.85. The molecule has 1 saturated carbocycles. The van der Waals surface area contributed by atoms with Crippen LogP contribution >= 0.6 is 0 Å². The lowest BCUT2D eigenvalue weighted by molar-refractivity contribution is -0.136. The van der Waals surface area contributed by atoms with Gasteiger partial charge in [0.1, 0.15) is 5.54 Å². The van der Waals surface area contributed by atoms with Crippen molar-refractivity contribution in [3.8, 4) is 0 Å². The third-order valence-corrected chi connectivity index (χ3v) is 5.68.